The highest BCUT2D eigenvalue weighted by Crippen LogP contribution is 2.00. The molecular weight excluding hydrogens is 198 g/mol. The molecule has 1 heterocycles. The second kappa shape index (κ2) is 5.93. The van der Waals surface area contributed by atoms with E-state index >= 15 is 0 Å². The van der Waals surface area contributed by atoms with Crippen LogP contribution in [0.5, 0.6) is 0 Å². The molecule has 0 saturated carbocycles. The fourth-order valence-corrected chi connectivity index (χ4v) is 1.85. The van der Waals surface area contributed by atoms with E-state index in [-0.39, 0.29) is 0 Å². The molecule has 1 N–H and O–H groups in total. The van der Waals surface area contributed by atoms with Crippen LogP contribution in [0.2, 0.25) is 0 Å². The van der Waals surface area contributed by atoms with E-state index in [1.807, 2.05) is 19.6 Å². The minimum Gasteiger partial charge on any atom is -0.333 e. The van der Waals surface area contributed by atoms with Gasteiger partial charge in [0.1, 0.15) is 0 Å². The number of aryl methyl sites for hydroxylation is 1. The lowest BCUT2D eigenvalue weighted by molar-refractivity contribution is 0.623. The molecule has 1 aromatic heterocycles. The van der Waals surface area contributed by atoms with Gasteiger partial charge in [0.2, 0.25) is 0 Å². The first-order valence-corrected chi connectivity index (χ1v) is 6.40. The molecule has 1 atom stereocenters. The smallest absolute Gasteiger partial charge is 0.0948 e. The summed E-state index contributed by atoms with van der Waals surface area (Å²) in [6.45, 7) is 1.73. The Labute approximate surface area is 87.2 Å². The monoisotopic (exact) mass is 215 g/mol. The van der Waals surface area contributed by atoms with Crippen LogP contribution in [0.3, 0.4) is 0 Å². The number of hydrogen-bond donors (Lipinski definition) is 1. The molecule has 80 valence electrons. The number of nitrogens with one attached hydrogen (secondary N) is 1. The molecule has 0 spiro atoms. The largest absolute Gasteiger partial charge is 0.333 e. The maximum atomic E-state index is 10.9. The predicted octanol–water partition coefficient (Wildman–Crippen LogP) is 0.371. The fraction of sp³-hybridized carbons (Fsp3) is 0.667. The molecule has 0 aromatic carbocycles. The molecule has 0 saturated heterocycles. The summed E-state index contributed by atoms with van der Waals surface area (Å²) in [6, 6.07) is 0. The van der Waals surface area contributed by atoms with Crippen molar-refractivity contribution in [1.82, 2.24) is 14.9 Å². The van der Waals surface area contributed by atoms with E-state index in [9.17, 15) is 4.21 Å². The zero-order chi connectivity index (χ0) is 10.4. The fourth-order valence-electron chi connectivity index (χ4n) is 1.32. The van der Waals surface area contributed by atoms with Gasteiger partial charge in [-0.2, -0.15) is 0 Å². The summed E-state index contributed by atoms with van der Waals surface area (Å²) < 4.78 is 13.0. The van der Waals surface area contributed by atoms with Gasteiger partial charge in [0.15, 0.2) is 0 Å². The number of nitrogens with zero attached hydrogens (tertiary/aromatic N) is 2. The third-order valence-corrected chi connectivity index (χ3v) is 2.85. The number of imidazole rings is 1. The molecule has 14 heavy (non-hydrogen) atoms. The highest BCUT2D eigenvalue weighted by Gasteiger charge is 2.00. The molecule has 0 fully saturated rings. The number of rotatable bonds is 6. The topological polar surface area (TPSA) is 46.9 Å². The summed E-state index contributed by atoms with van der Waals surface area (Å²) in [5, 5.41) is 3.09. The zero-order valence-corrected chi connectivity index (χ0v) is 9.51. The lowest BCUT2D eigenvalue weighted by Gasteiger charge is -2.06. The molecule has 0 aliphatic heterocycles. The average Bonchev–Trinajstić information content (AvgIpc) is 2.53. The Hall–Kier alpha value is -0.680. The lowest BCUT2D eigenvalue weighted by atomic mass is 10.4. The van der Waals surface area contributed by atoms with Gasteiger partial charge in [-0.05, 0) is 13.5 Å². The van der Waals surface area contributed by atoms with E-state index < -0.39 is 10.8 Å². The minimum atomic E-state index is -0.687. The molecule has 0 radical (unpaired) electrons. The summed E-state index contributed by atoms with van der Waals surface area (Å²) in [5.74, 6) is 0.761. The van der Waals surface area contributed by atoms with Crippen LogP contribution < -0.4 is 5.32 Å². The first-order valence-electron chi connectivity index (χ1n) is 4.67. The number of hydrogen-bond acceptors (Lipinski definition) is 3. The van der Waals surface area contributed by atoms with Crippen LogP contribution in [-0.2, 0) is 23.9 Å². The van der Waals surface area contributed by atoms with Crippen LogP contribution in [-0.4, -0.2) is 32.8 Å². The van der Waals surface area contributed by atoms with Gasteiger partial charge in [-0.1, -0.05) is 0 Å². The number of aromatic nitrogens is 2. The summed E-state index contributed by atoms with van der Waals surface area (Å²) >= 11 is 0. The van der Waals surface area contributed by atoms with Gasteiger partial charge in [0.25, 0.3) is 0 Å². The summed E-state index contributed by atoms with van der Waals surface area (Å²) in [6.07, 6.45) is 6.36. The second-order valence-electron chi connectivity index (χ2n) is 3.24. The first-order chi connectivity index (χ1) is 6.74. The standard InChI is InChI=1S/C9H17N3OS/c1-10-6-9-7-11-8-12(9)4-3-5-14(2)13/h7-8,10H,3-6H2,1-2H3. The molecule has 1 rings (SSSR count). The van der Waals surface area contributed by atoms with Crippen LogP contribution in [0, 0.1) is 0 Å². The van der Waals surface area contributed by atoms with E-state index in [1.54, 1.807) is 6.26 Å². The molecular formula is C9H17N3OS. The Kier molecular flexibility index (Phi) is 4.82. The van der Waals surface area contributed by atoms with E-state index in [0.29, 0.717) is 0 Å². The highest BCUT2D eigenvalue weighted by atomic mass is 32.2. The van der Waals surface area contributed by atoms with Crippen LogP contribution >= 0.6 is 0 Å². The van der Waals surface area contributed by atoms with Crippen LogP contribution in [0.25, 0.3) is 0 Å². The van der Waals surface area contributed by atoms with Gasteiger partial charge in [0.05, 0.1) is 12.0 Å². The highest BCUT2D eigenvalue weighted by molar-refractivity contribution is 7.84. The quantitative estimate of drug-likeness (QED) is 0.746. The molecule has 0 aliphatic rings. The lowest BCUT2D eigenvalue weighted by Crippen LogP contribution is -2.11. The van der Waals surface area contributed by atoms with E-state index in [1.165, 1.54) is 5.69 Å². The van der Waals surface area contributed by atoms with Gasteiger partial charge in [0, 0.05) is 42.1 Å². The van der Waals surface area contributed by atoms with Crippen molar-refractivity contribution < 1.29 is 4.21 Å². The molecule has 5 heteroatoms. The second-order valence-corrected chi connectivity index (χ2v) is 4.79. The van der Waals surface area contributed by atoms with Crippen LogP contribution in [0.15, 0.2) is 12.5 Å². The van der Waals surface area contributed by atoms with Crippen molar-refractivity contribution in [2.24, 2.45) is 0 Å². The van der Waals surface area contributed by atoms with Gasteiger partial charge < -0.3 is 9.88 Å². The van der Waals surface area contributed by atoms with Crippen molar-refractivity contribution in [3.05, 3.63) is 18.2 Å². The summed E-state index contributed by atoms with van der Waals surface area (Å²) in [4.78, 5) is 4.09. The molecule has 1 unspecified atom stereocenters. The molecule has 1 aromatic rings. The van der Waals surface area contributed by atoms with Crippen molar-refractivity contribution >= 4 is 10.8 Å². The van der Waals surface area contributed by atoms with Crippen LogP contribution in [0.4, 0.5) is 0 Å². The van der Waals surface area contributed by atoms with E-state index in [2.05, 4.69) is 14.9 Å². The Balaban J connectivity index is 2.41. The first kappa shape index (κ1) is 11.4. The minimum absolute atomic E-state index is 0.687. The Morgan fingerprint density at radius 1 is 1.64 bits per heavy atom. The van der Waals surface area contributed by atoms with Gasteiger partial charge in [-0.15, -0.1) is 0 Å². The SMILES string of the molecule is CNCc1cncn1CCCS(C)=O. The van der Waals surface area contributed by atoms with E-state index in [0.717, 1.165) is 25.3 Å². The van der Waals surface area contributed by atoms with Crippen LogP contribution in [0.1, 0.15) is 12.1 Å². The summed E-state index contributed by atoms with van der Waals surface area (Å²) in [7, 11) is 1.23. The molecule has 0 amide bonds. The maximum Gasteiger partial charge on any atom is 0.0948 e. The van der Waals surface area contributed by atoms with Gasteiger partial charge in [-0.25, -0.2) is 4.98 Å². The Morgan fingerprint density at radius 2 is 2.43 bits per heavy atom. The van der Waals surface area contributed by atoms with Crippen molar-refractivity contribution in [3.8, 4) is 0 Å². The van der Waals surface area contributed by atoms with Crippen molar-refractivity contribution in [2.45, 2.75) is 19.5 Å². The predicted molar refractivity (Wildman–Crippen MR) is 58.5 cm³/mol. The maximum absolute atomic E-state index is 10.9. The Bertz CT molecular complexity index is 298. The molecule has 0 bridgehead atoms. The Morgan fingerprint density at radius 3 is 3.07 bits per heavy atom. The van der Waals surface area contributed by atoms with Crippen molar-refractivity contribution in [1.29, 1.82) is 0 Å². The molecule has 4 nitrogen and oxygen atoms in total. The molecule has 0 aliphatic carbocycles. The van der Waals surface area contributed by atoms with Crippen molar-refractivity contribution in [3.63, 3.8) is 0 Å². The average molecular weight is 215 g/mol. The third kappa shape index (κ3) is 3.59. The zero-order valence-electron chi connectivity index (χ0n) is 8.69. The van der Waals surface area contributed by atoms with Gasteiger partial charge in [-0.3, -0.25) is 4.21 Å². The van der Waals surface area contributed by atoms with E-state index in [4.69, 9.17) is 0 Å². The van der Waals surface area contributed by atoms with Crippen molar-refractivity contribution in [2.75, 3.05) is 19.1 Å². The third-order valence-electron chi connectivity index (χ3n) is 1.99. The normalized spacial score (nSPS) is 13.0. The van der Waals surface area contributed by atoms with Gasteiger partial charge >= 0.3 is 0 Å². The summed E-state index contributed by atoms with van der Waals surface area (Å²) in [5.41, 5.74) is 1.18.